The van der Waals surface area contributed by atoms with Crippen LogP contribution >= 0.6 is 0 Å². The van der Waals surface area contributed by atoms with Crippen LogP contribution in [0.25, 0.3) is 0 Å². The third-order valence-electron chi connectivity index (χ3n) is 18.6. The number of rotatable bonds is 22. The zero-order valence-corrected chi connectivity index (χ0v) is 50.8. The number of hydrogen-bond donors (Lipinski definition) is 2. The second kappa shape index (κ2) is 24.4. The maximum absolute atomic E-state index is 16.7. The van der Waals surface area contributed by atoms with Gasteiger partial charge in [0.15, 0.2) is 40.2 Å². The standard InChI is InChI=1S/C59H77N3O18Si2/c1-13-81(14-2,15-3)79-44-32-45-58(34-74-45,78-37(9)64)50-52(77-54(67)40-29-41(61(70)71)31-42(30-40)62(72)73)59(69)33-43(35(7)46(56(59,10)11)48(75-36(8)63)51(65)57(44,50)12)76-55(68)49(80-82(16-4,17-5)18-6)47(38-25-21-19-22-26-38)60-53(66)39-27-23-20-24-28-39/h19-31,43-45,47-50,52,69H,13-18,32-34H2,1-12H3,(H,60,66)/t43-,44-,45+,47-,48+,49+,50-,52-,57+,58-,59+/m0/s1. The van der Waals surface area contributed by atoms with E-state index in [-0.39, 0.29) is 17.6 Å². The summed E-state index contributed by atoms with van der Waals surface area (Å²) in [4.78, 5) is 112. The predicted octanol–water partition coefficient (Wildman–Crippen LogP) is 9.61. The van der Waals surface area contributed by atoms with Gasteiger partial charge in [-0.15, -0.1) is 0 Å². The average molecular weight is 1170 g/mol. The second-order valence-electron chi connectivity index (χ2n) is 22.9. The number of nitrogens with one attached hydrogen (secondary N) is 1. The molecule has 3 fully saturated rings. The van der Waals surface area contributed by atoms with Gasteiger partial charge in [-0.25, -0.2) is 9.59 Å². The van der Waals surface area contributed by atoms with Gasteiger partial charge < -0.3 is 43.0 Å². The molecule has 444 valence electrons. The van der Waals surface area contributed by atoms with Crippen LogP contribution in [0.4, 0.5) is 11.4 Å². The third-order valence-corrected chi connectivity index (χ3v) is 27.9. The van der Waals surface area contributed by atoms with Crippen molar-refractivity contribution in [3.63, 3.8) is 0 Å². The molecular weight excluding hydrogens is 1090 g/mol. The monoisotopic (exact) mass is 1170 g/mol. The summed E-state index contributed by atoms with van der Waals surface area (Å²) in [6, 6.07) is 21.6. The normalized spacial score (nSPS) is 27.4. The number of fused-ring (bicyclic) bond motifs is 5. The van der Waals surface area contributed by atoms with Crippen LogP contribution in [0.15, 0.2) is 90.0 Å². The number of ether oxygens (including phenoxy) is 5. The van der Waals surface area contributed by atoms with Gasteiger partial charge in [0.2, 0.25) is 0 Å². The van der Waals surface area contributed by atoms with E-state index in [1.165, 1.54) is 20.8 Å². The number of nitro groups is 2. The highest BCUT2D eigenvalue weighted by atomic mass is 28.4. The number of carbonyl (C=O) groups is 6. The van der Waals surface area contributed by atoms with E-state index >= 15 is 14.4 Å². The van der Waals surface area contributed by atoms with E-state index in [1.54, 1.807) is 67.6 Å². The molecule has 2 saturated carbocycles. The molecular formula is C59H77N3O18Si2. The number of nitrogens with zero attached hydrogens (tertiary/aromatic N) is 2. The lowest BCUT2D eigenvalue weighted by Gasteiger charge is -2.68. The maximum atomic E-state index is 16.7. The first-order valence-corrected chi connectivity index (χ1v) is 33.3. The van der Waals surface area contributed by atoms with Gasteiger partial charge >= 0.3 is 23.9 Å². The zero-order chi connectivity index (χ0) is 60.5. The Morgan fingerprint density at radius 3 is 1.80 bits per heavy atom. The molecule has 1 aliphatic heterocycles. The quantitative estimate of drug-likeness (QED) is 0.0236. The zero-order valence-electron chi connectivity index (χ0n) is 48.8. The summed E-state index contributed by atoms with van der Waals surface area (Å²) in [6.45, 7) is 19.8. The summed E-state index contributed by atoms with van der Waals surface area (Å²) in [5, 5.41) is 42.1. The van der Waals surface area contributed by atoms with Gasteiger partial charge in [0, 0.05) is 49.8 Å². The Morgan fingerprint density at radius 2 is 1.32 bits per heavy atom. The van der Waals surface area contributed by atoms with Crippen LogP contribution in [0.1, 0.15) is 128 Å². The van der Waals surface area contributed by atoms with E-state index in [9.17, 15) is 39.7 Å². The van der Waals surface area contributed by atoms with Gasteiger partial charge in [0.1, 0.15) is 23.9 Å². The van der Waals surface area contributed by atoms with Crippen LogP contribution in [-0.2, 0) is 51.7 Å². The molecule has 7 rings (SSSR count). The summed E-state index contributed by atoms with van der Waals surface area (Å²) in [6.07, 6.45) is -10.1. The summed E-state index contributed by atoms with van der Waals surface area (Å²) in [5.41, 5.74) is -9.90. The van der Waals surface area contributed by atoms with E-state index in [2.05, 4.69) is 5.32 Å². The first-order valence-electron chi connectivity index (χ1n) is 28.2. The van der Waals surface area contributed by atoms with Crippen molar-refractivity contribution in [1.29, 1.82) is 0 Å². The van der Waals surface area contributed by atoms with E-state index in [1.807, 2.05) is 41.5 Å². The van der Waals surface area contributed by atoms with Crippen molar-refractivity contribution in [1.82, 2.24) is 5.32 Å². The van der Waals surface area contributed by atoms with Crippen molar-refractivity contribution in [3.8, 4) is 0 Å². The van der Waals surface area contributed by atoms with Crippen molar-refractivity contribution in [3.05, 3.63) is 127 Å². The Labute approximate surface area is 479 Å². The van der Waals surface area contributed by atoms with Crippen molar-refractivity contribution in [2.24, 2.45) is 16.7 Å². The first kappa shape index (κ1) is 63.1. The Bertz CT molecular complexity index is 2940. The number of benzene rings is 3. The molecule has 0 spiro atoms. The Morgan fingerprint density at radius 1 is 0.768 bits per heavy atom. The van der Waals surface area contributed by atoms with Crippen LogP contribution in [-0.4, -0.2) is 122 Å². The van der Waals surface area contributed by atoms with Crippen LogP contribution in [0.5, 0.6) is 0 Å². The summed E-state index contributed by atoms with van der Waals surface area (Å²) >= 11 is 0. The average Bonchev–Trinajstić information content (AvgIpc) is 1.85. The first-order chi connectivity index (χ1) is 38.6. The van der Waals surface area contributed by atoms with Gasteiger partial charge in [0.05, 0.1) is 51.6 Å². The number of aliphatic hydroxyl groups is 1. The number of Topliss-reactive ketones (excluding diaryl/α,β-unsaturated/α-hetero) is 1. The fourth-order valence-electron chi connectivity index (χ4n) is 13.4. The molecule has 21 nitrogen and oxygen atoms in total. The summed E-state index contributed by atoms with van der Waals surface area (Å²) < 4.78 is 46.6. The summed E-state index contributed by atoms with van der Waals surface area (Å²) in [5.74, 6) is -7.19. The Hall–Kier alpha value is -6.51. The van der Waals surface area contributed by atoms with E-state index in [0.717, 1.165) is 26.0 Å². The van der Waals surface area contributed by atoms with Crippen molar-refractivity contribution >= 4 is 63.6 Å². The van der Waals surface area contributed by atoms with Crippen molar-refractivity contribution < 1.29 is 76.3 Å². The minimum Gasteiger partial charge on any atom is -0.456 e. The molecule has 11 atom stereocenters. The number of nitro benzene ring substituents is 2. The molecule has 0 aromatic heterocycles. The van der Waals surface area contributed by atoms with Crippen molar-refractivity contribution in [2.45, 2.75) is 186 Å². The minimum atomic E-state index is -2.86. The van der Waals surface area contributed by atoms with Crippen molar-refractivity contribution in [2.75, 3.05) is 6.61 Å². The van der Waals surface area contributed by atoms with Crippen LogP contribution in [0.3, 0.4) is 0 Å². The molecule has 82 heavy (non-hydrogen) atoms. The number of carbonyl (C=O) groups excluding carboxylic acids is 6. The molecule has 1 saturated heterocycles. The molecule has 3 aliphatic carbocycles. The van der Waals surface area contributed by atoms with Gasteiger partial charge in [0.25, 0.3) is 17.3 Å². The molecule has 23 heteroatoms. The number of esters is 4. The van der Waals surface area contributed by atoms with E-state index in [4.69, 9.17) is 32.5 Å². The Balaban J connectivity index is 1.53. The molecule has 3 aromatic carbocycles. The largest absolute Gasteiger partial charge is 0.456 e. The molecule has 2 N–H and O–H groups in total. The fourth-order valence-corrected chi connectivity index (χ4v) is 19.1. The molecule has 3 aromatic rings. The van der Waals surface area contributed by atoms with Gasteiger partial charge in [-0.1, -0.05) is 104 Å². The van der Waals surface area contributed by atoms with E-state index in [0.29, 0.717) is 53.5 Å². The van der Waals surface area contributed by atoms with Gasteiger partial charge in [-0.05, 0) is 79.0 Å². The van der Waals surface area contributed by atoms with Crippen LogP contribution in [0, 0.1) is 37.0 Å². The fraction of sp³-hybridized carbons (Fsp3) is 0.559. The van der Waals surface area contributed by atoms with Crippen LogP contribution in [0.2, 0.25) is 36.3 Å². The molecule has 0 radical (unpaired) electrons. The molecule has 1 amide bonds. The SMILES string of the molecule is CC[Si](CC)(CC)O[C@H]1C[C@H]2OC[C@@]2(OC(C)=O)[C@H]2[C@H](OC(=O)c3cc([N+](=O)[O-])cc([N+](=O)[O-])c3)[C@]3(O)C[C@H](OC(=O)[C@H](O[Si](CC)(CC)CC)[C@@H](NC(=O)c4ccccc4)c4ccccc4)C(C)=C([C@@H](OC(C)=O)C(=O)[C@]12C)C3(C)C. The number of non-ortho nitro benzene ring substituents is 2. The van der Waals surface area contributed by atoms with Gasteiger partial charge in [-0.3, -0.25) is 39.4 Å². The highest BCUT2D eigenvalue weighted by molar-refractivity contribution is 6.74. The van der Waals surface area contributed by atoms with Gasteiger partial charge in [-0.2, -0.15) is 0 Å². The van der Waals surface area contributed by atoms with Crippen LogP contribution < -0.4 is 5.32 Å². The third kappa shape index (κ3) is 11.3. The molecule has 2 bridgehead atoms. The molecule has 1 heterocycles. The highest BCUT2D eigenvalue weighted by Gasteiger charge is 2.79. The maximum Gasteiger partial charge on any atom is 0.339 e. The lowest BCUT2D eigenvalue weighted by molar-refractivity contribution is -0.394. The predicted molar refractivity (Wildman–Crippen MR) is 303 cm³/mol. The molecule has 0 unspecified atom stereocenters. The second-order valence-corrected chi connectivity index (χ2v) is 32.4. The lowest BCUT2D eigenvalue weighted by atomic mass is 9.44. The van der Waals surface area contributed by atoms with E-state index < -0.39 is 163 Å². The number of amides is 1. The minimum absolute atomic E-state index is 0.0305. The number of hydrogen-bond acceptors (Lipinski definition) is 18. The number of ketones is 1. The summed E-state index contributed by atoms with van der Waals surface area (Å²) in [7, 11) is -5.67. The topological polar surface area (TPSA) is 286 Å². The lowest BCUT2D eigenvalue weighted by Crippen LogP contribution is -2.82. The highest BCUT2D eigenvalue weighted by Crippen LogP contribution is 2.65. The molecule has 4 aliphatic rings. The smallest absolute Gasteiger partial charge is 0.339 e. The Kier molecular flexibility index (Phi) is 18.7.